The van der Waals surface area contributed by atoms with Crippen molar-refractivity contribution in [3.8, 4) is 5.75 Å². The summed E-state index contributed by atoms with van der Waals surface area (Å²) in [5.74, 6) is -1.21. The topological polar surface area (TPSA) is 61.5 Å². The predicted molar refractivity (Wildman–Crippen MR) is 76.4 cm³/mol. The Morgan fingerprint density at radius 1 is 1.27 bits per heavy atom. The lowest BCUT2D eigenvalue weighted by atomic mass is 9.96. The van der Waals surface area contributed by atoms with E-state index in [9.17, 15) is 18.0 Å². The summed E-state index contributed by atoms with van der Waals surface area (Å²) in [6, 6.07) is 4.13. The molecule has 1 atom stereocenters. The summed E-state index contributed by atoms with van der Waals surface area (Å²) < 4.78 is 45.9. The number of nitrogen functional groups attached to an aromatic ring is 1. The number of anilines is 1. The maximum Gasteiger partial charge on any atom is 0.573 e. The number of halogens is 3. The van der Waals surface area contributed by atoms with Gasteiger partial charge in [-0.05, 0) is 32.4 Å². The number of para-hydroxylation sites is 1. The second-order valence-corrected chi connectivity index (χ2v) is 6.06. The molecule has 0 bridgehead atoms. The lowest BCUT2D eigenvalue weighted by Crippen LogP contribution is -2.25. The first-order valence-electron chi connectivity index (χ1n) is 6.73. The van der Waals surface area contributed by atoms with Crippen LogP contribution in [0.2, 0.25) is 0 Å². The van der Waals surface area contributed by atoms with Crippen LogP contribution in [0.4, 0.5) is 18.9 Å². The van der Waals surface area contributed by atoms with E-state index in [1.807, 2.05) is 0 Å². The molecule has 0 aliphatic heterocycles. The second-order valence-electron chi connectivity index (χ2n) is 6.06. The smallest absolute Gasteiger partial charge is 0.465 e. The molecule has 0 radical (unpaired) electrons. The Labute approximate surface area is 127 Å². The SMILES string of the molecule is CC(COC(=O)C(C)(C)C)c1cccc(OC(F)(F)F)c1N. The fourth-order valence-corrected chi connectivity index (χ4v) is 1.71. The van der Waals surface area contributed by atoms with E-state index < -0.39 is 17.5 Å². The lowest BCUT2D eigenvalue weighted by molar-refractivity contribution is -0.274. The average molecular weight is 319 g/mol. The van der Waals surface area contributed by atoms with Crippen molar-refractivity contribution in [2.75, 3.05) is 12.3 Å². The Morgan fingerprint density at radius 2 is 1.86 bits per heavy atom. The van der Waals surface area contributed by atoms with Crippen LogP contribution in [-0.2, 0) is 9.53 Å². The molecule has 124 valence electrons. The van der Waals surface area contributed by atoms with E-state index in [1.54, 1.807) is 33.8 Å². The second kappa shape index (κ2) is 6.46. The van der Waals surface area contributed by atoms with Crippen LogP contribution in [0.3, 0.4) is 0 Å². The third-order valence-corrected chi connectivity index (χ3v) is 2.93. The molecule has 0 saturated heterocycles. The Balaban J connectivity index is 2.84. The van der Waals surface area contributed by atoms with Crippen molar-refractivity contribution < 1.29 is 27.4 Å². The largest absolute Gasteiger partial charge is 0.573 e. The normalized spacial score (nSPS) is 13.6. The maximum absolute atomic E-state index is 12.3. The molecule has 2 N–H and O–H groups in total. The highest BCUT2D eigenvalue weighted by Gasteiger charge is 2.32. The maximum atomic E-state index is 12.3. The van der Waals surface area contributed by atoms with Crippen LogP contribution in [0.25, 0.3) is 0 Å². The number of benzene rings is 1. The van der Waals surface area contributed by atoms with E-state index in [4.69, 9.17) is 10.5 Å². The molecule has 0 aliphatic carbocycles. The molecule has 0 saturated carbocycles. The Hall–Kier alpha value is -1.92. The van der Waals surface area contributed by atoms with Crippen LogP contribution in [0.1, 0.15) is 39.2 Å². The summed E-state index contributed by atoms with van der Waals surface area (Å²) in [5, 5.41) is 0. The zero-order valence-corrected chi connectivity index (χ0v) is 13.0. The van der Waals surface area contributed by atoms with Gasteiger partial charge in [0.25, 0.3) is 0 Å². The highest BCUT2D eigenvalue weighted by atomic mass is 19.4. The molecule has 22 heavy (non-hydrogen) atoms. The van der Waals surface area contributed by atoms with Gasteiger partial charge in [0.2, 0.25) is 0 Å². The molecular weight excluding hydrogens is 299 g/mol. The summed E-state index contributed by atoms with van der Waals surface area (Å²) in [7, 11) is 0. The predicted octanol–water partition coefficient (Wildman–Crippen LogP) is 3.86. The highest BCUT2D eigenvalue weighted by Crippen LogP contribution is 2.34. The van der Waals surface area contributed by atoms with Gasteiger partial charge < -0.3 is 15.2 Å². The van der Waals surface area contributed by atoms with Crippen LogP contribution < -0.4 is 10.5 Å². The van der Waals surface area contributed by atoms with Crippen LogP contribution in [0.5, 0.6) is 5.75 Å². The fraction of sp³-hybridized carbons (Fsp3) is 0.533. The zero-order chi connectivity index (χ0) is 17.1. The van der Waals surface area contributed by atoms with Crippen LogP contribution in [0.15, 0.2) is 18.2 Å². The first-order chi connectivity index (χ1) is 9.92. The van der Waals surface area contributed by atoms with Crippen molar-refractivity contribution in [2.45, 2.75) is 40.0 Å². The van der Waals surface area contributed by atoms with Gasteiger partial charge in [0.1, 0.15) is 0 Å². The molecular formula is C15H20F3NO3. The number of hydrogen-bond donors (Lipinski definition) is 1. The summed E-state index contributed by atoms with van der Waals surface area (Å²) in [6.45, 7) is 6.87. The quantitative estimate of drug-likeness (QED) is 0.676. The van der Waals surface area contributed by atoms with Crippen molar-refractivity contribution in [2.24, 2.45) is 5.41 Å². The third kappa shape index (κ3) is 5.13. The van der Waals surface area contributed by atoms with Crippen LogP contribution >= 0.6 is 0 Å². The number of hydrogen-bond acceptors (Lipinski definition) is 4. The van der Waals surface area contributed by atoms with E-state index in [1.165, 1.54) is 6.07 Å². The minimum absolute atomic E-state index is 0.0236. The van der Waals surface area contributed by atoms with Gasteiger partial charge in [0.05, 0.1) is 17.7 Å². The Bertz CT molecular complexity index is 536. The monoisotopic (exact) mass is 319 g/mol. The minimum atomic E-state index is -4.81. The Morgan fingerprint density at radius 3 is 2.36 bits per heavy atom. The number of esters is 1. The fourth-order valence-electron chi connectivity index (χ4n) is 1.71. The van der Waals surface area contributed by atoms with Gasteiger partial charge in [-0.25, -0.2) is 0 Å². The molecule has 4 nitrogen and oxygen atoms in total. The van der Waals surface area contributed by atoms with Crippen LogP contribution in [-0.4, -0.2) is 18.9 Å². The number of carbonyl (C=O) groups is 1. The molecule has 1 unspecified atom stereocenters. The van der Waals surface area contributed by atoms with Gasteiger partial charge in [-0.3, -0.25) is 4.79 Å². The van der Waals surface area contributed by atoms with E-state index in [2.05, 4.69) is 4.74 Å². The molecule has 0 aromatic heterocycles. The van der Waals surface area contributed by atoms with E-state index >= 15 is 0 Å². The zero-order valence-electron chi connectivity index (χ0n) is 13.0. The van der Waals surface area contributed by atoms with Crippen molar-refractivity contribution in [3.63, 3.8) is 0 Å². The highest BCUT2D eigenvalue weighted by molar-refractivity contribution is 5.75. The van der Waals surface area contributed by atoms with Crippen molar-refractivity contribution in [3.05, 3.63) is 23.8 Å². The van der Waals surface area contributed by atoms with Gasteiger partial charge in [0, 0.05) is 5.92 Å². The number of rotatable bonds is 4. The number of alkyl halides is 3. The molecule has 0 spiro atoms. The van der Waals surface area contributed by atoms with Gasteiger partial charge >= 0.3 is 12.3 Å². The van der Waals surface area contributed by atoms with Crippen LogP contribution in [0, 0.1) is 5.41 Å². The Kier molecular flexibility index (Phi) is 5.32. The number of ether oxygens (including phenoxy) is 2. The first kappa shape index (κ1) is 18.1. The minimum Gasteiger partial charge on any atom is -0.465 e. The van der Waals surface area contributed by atoms with Gasteiger partial charge in [-0.2, -0.15) is 0 Å². The van der Waals surface area contributed by atoms with Gasteiger partial charge in [-0.15, -0.1) is 13.2 Å². The number of carbonyl (C=O) groups excluding carboxylic acids is 1. The van der Waals surface area contributed by atoms with Gasteiger partial charge in [-0.1, -0.05) is 19.1 Å². The molecule has 1 rings (SSSR count). The molecule has 1 aromatic rings. The molecule has 1 aromatic carbocycles. The molecule has 0 amide bonds. The van der Waals surface area contributed by atoms with E-state index in [-0.39, 0.29) is 24.2 Å². The first-order valence-corrected chi connectivity index (χ1v) is 6.73. The van der Waals surface area contributed by atoms with Crippen molar-refractivity contribution in [1.82, 2.24) is 0 Å². The van der Waals surface area contributed by atoms with E-state index in [0.717, 1.165) is 6.07 Å². The molecule has 0 fully saturated rings. The lowest BCUT2D eigenvalue weighted by Gasteiger charge is -2.21. The van der Waals surface area contributed by atoms with Crippen molar-refractivity contribution in [1.29, 1.82) is 0 Å². The standard InChI is InChI=1S/C15H20F3NO3/c1-9(8-21-13(20)14(2,3)4)10-6-5-7-11(12(10)19)22-15(16,17)18/h5-7,9H,8,19H2,1-4H3. The van der Waals surface area contributed by atoms with E-state index in [0.29, 0.717) is 5.56 Å². The van der Waals surface area contributed by atoms with Crippen molar-refractivity contribution >= 4 is 11.7 Å². The third-order valence-electron chi connectivity index (χ3n) is 2.93. The molecule has 0 aliphatic rings. The summed E-state index contributed by atoms with van der Waals surface area (Å²) in [6.07, 6.45) is -4.81. The molecule has 0 heterocycles. The number of nitrogens with two attached hydrogens (primary N) is 1. The summed E-state index contributed by atoms with van der Waals surface area (Å²) in [5.41, 5.74) is 5.39. The van der Waals surface area contributed by atoms with Gasteiger partial charge in [0.15, 0.2) is 5.75 Å². The summed E-state index contributed by atoms with van der Waals surface area (Å²) >= 11 is 0. The summed E-state index contributed by atoms with van der Waals surface area (Å²) in [4.78, 5) is 11.7. The molecule has 7 heteroatoms. The average Bonchev–Trinajstić information content (AvgIpc) is 2.35.